The van der Waals surface area contributed by atoms with Gasteiger partial charge in [0.15, 0.2) is 0 Å². The molecule has 0 bridgehead atoms. The Morgan fingerprint density at radius 2 is 1.33 bits per heavy atom. The summed E-state index contributed by atoms with van der Waals surface area (Å²) >= 11 is 0. The number of nitrogens with zero attached hydrogens (tertiary/aromatic N) is 1. The molecule has 3 atom stereocenters. The van der Waals surface area contributed by atoms with Gasteiger partial charge >= 0.3 is 0 Å². The molecule has 0 amide bonds. The van der Waals surface area contributed by atoms with Crippen molar-refractivity contribution in [3.05, 3.63) is 35.4 Å². The Labute approximate surface area is 237 Å². The summed E-state index contributed by atoms with van der Waals surface area (Å²) < 4.78 is 31.0. The summed E-state index contributed by atoms with van der Waals surface area (Å²) in [6, 6.07) is 9.87. The fourth-order valence-electron chi connectivity index (χ4n) is 5.96. The number of ether oxygens (including phenoxy) is 6. The average molecular weight is 554 g/mol. The standard InChI is InChI=1S/C18H27N.C13H28O7/c1-14-8-4-5-9-16(14)18-11-7-6-10-17(18)15(2)19(3)13-12-18;1-15-4-5-17-8-9-19-12-13-20-11-10-18-7-6-16-3-2-14/h4-5,8-9,15,17H,6-7,10-13H2,1-3H3;14H,2-13H2,1H3. The summed E-state index contributed by atoms with van der Waals surface area (Å²) in [7, 11) is 3.95. The maximum Gasteiger partial charge on any atom is 0.0701 e. The van der Waals surface area contributed by atoms with Gasteiger partial charge in [0.1, 0.15) is 0 Å². The number of hydrogen-bond acceptors (Lipinski definition) is 8. The Bertz CT molecular complexity index is 719. The van der Waals surface area contributed by atoms with E-state index in [9.17, 15) is 0 Å². The number of aliphatic hydroxyl groups excluding tert-OH is 1. The molecule has 8 heteroatoms. The van der Waals surface area contributed by atoms with Crippen LogP contribution in [0.3, 0.4) is 0 Å². The van der Waals surface area contributed by atoms with Gasteiger partial charge in [-0.2, -0.15) is 0 Å². The van der Waals surface area contributed by atoms with Crippen LogP contribution in [0.4, 0.5) is 0 Å². The number of fused-ring (bicyclic) bond motifs is 1. The lowest BCUT2D eigenvalue weighted by Crippen LogP contribution is -2.55. The van der Waals surface area contributed by atoms with E-state index >= 15 is 0 Å². The first-order chi connectivity index (χ1) is 19.1. The van der Waals surface area contributed by atoms with Gasteiger partial charge in [0.25, 0.3) is 0 Å². The highest BCUT2D eigenvalue weighted by atomic mass is 16.6. The van der Waals surface area contributed by atoms with Crippen molar-refractivity contribution in [2.24, 2.45) is 5.92 Å². The van der Waals surface area contributed by atoms with Crippen LogP contribution in [0.1, 0.15) is 50.2 Å². The molecule has 39 heavy (non-hydrogen) atoms. The van der Waals surface area contributed by atoms with Crippen LogP contribution in [0.25, 0.3) is 0 Å². The second kappa shape index (κ2) is 20.7. The molecule has 1 aliphatic carbocycles. The average Bonchev–Trinajstić information content (AvgIpc) is 2.95. The Kier molecular flexibility index (Phi) is 18.1. The van der Waals surface area contributed by atoms with Crippen LogP contribution in [0.15, 0.2) is 24.3 Å². The van der Waals surface area contributed by atoms with Gasteiger partial charge in [-0.1, -0.05) is 37.1 Å². The summed E-state index contributed by atoms with van der Waals surface area (Å²) in [6.45, 7) is 11.9. The van der Waals surface area contributed by atoms with Crippen LogP contribution >= 0.6 is 0 Å². The lowest BCUT2D eigenvalue weighted by atomic mass is 9.56. The molecule has 1 aliphatic heterocycles. The van der Waals surface area contributed by atoms with Gasteiger partial charge in [0.2, 0.25) is 0 Å². The summed E-state index contributed by atoms with van der Waals surface area (Å²) in [5.74, 6) is 0.848. The third kappa shape index (κ3) is 12.1. The molecule has 1 aromatic carbocycles. The van der Waals surface area contributed by atoms with E-state index in [0.29, 0.717) is 78.1 Å². The van der Waals surface area contributed by atoms with E-state index in [1.807, 2.05) is 0 Å². The van der Waals surface area contributed by atoms with Gasteiger partial charge in [-0.05, 0) is 63.7 Å². The van der Waals surface area contributed by atoms with Crippen LogP contribution in [0.2, 0.25) is 0 Å². The molecule has 226 valence electrons. The summed E-state index contributed by atoms with van der Waals surface area (Å²) in [5, 5.41) is 8.47. The molecule has 0 radical (unpaired) electrons. The Balaban J connectivity index is 0.000000273. The number of aliphatic hydroxyl groups is 1. The number of methoxy groups -OCH3 is 1. The molecule has 1 heterocycles. The molecule has 3 rings (SSSR count). The molecule has 8 nitrogen and oxygen atoms in total. The quantitative estimate of drug-likeness (QED) is 0.275. The first-order valence-corrected chi connectivity index (χ1v) is 14.8. The fraction of sp³-hybridized carbons (Fsp3) is 0.806. The lowest BCUT2D eigenvalue weighted by molar-refractivity contribution is -0.0163. The van der Waals surface area contributed by atoms with E-state index in [1.165, 1.54) is 44.2 Å². The zero-order chi connectivity index (χ0) is 28.2. The van der Waals surface area contributed by atoms with Gasteiger partial charge in [-0.25, -0.2) is 0 Å². The first kappa shape index (κ1) is 34.1. The highest BCUT2D eigenvalue weighted by Crippen LogP contribution is 2.51. The first-order valence-electron chi connectivity index (χ1n) is 14.8. The molecule has 1 saturated heterocycles. The van der Waals surface area contributed by atoms with Gasteiger partial charge in [0, 0.05) is 18.6 Å². The van der Waals surface area contributed by atoms with Gasteiger partial charge in [0.05, 0.1) is 79.3 Å². The number of likely N-dealkylation sites (tertiary alicyclic amines) is 1. The topological polar surface area (TPSA) is 78.9 Å². The molecular formula is C31H55NO7. The predicted molar refractivity (Wildman–Crippen MR) is 155 cm³/mol. The maximum absolute atomic E-state index is 8.47. The molecular weight excluding hydrogens is 498 g/mol. The van der Waals surface area contributed by atoms with Crippen LogP contribution in [-0.4, -0.2) is 116 Å². The maximum atomic E-state index is 8.47. The van der Waals surface area contributed by atoms with Crippen molar-refractivity contribution in [3.8, 4) is 0 Å². The summed E-state index contributed by atoms with van der Waals surface area (Å²) in [4.78, 5) is 2.58. The highest BCUT2D eigenvalue weighted by molar-refractivity contribution is 5.36. The fourth-order valence-corrected chi connectivity index (χ4v) is 5.96. The highest BCUT2D eigenvalue weighted by Gasteiger charge is 2.48. The van der Waals surface area contributed by atoms with Gasteiger partial charge in [-0.15, -0.1) is 0 Å². The van der Waals surface area contributed by atoms with E-state index < -0.39 is 0 Å². The molecule has 0 spiro atoms. The van der Waals surface area contributed by atoms with Crippen molar-refractivity contribution in [2.75, 3.05) is 100.0 Å². The number of benzene rings is 1. The lowest BCUT2D eigenvalue weighted by Gasteiger charge is -2.54. The number of rotatable bonds is 18. The molecule has 1 N–H and O–H groups in total. The molecule has 2 fully saturated rings. The van der Waals surface area contributed by atoms with Crippen molar-refractivity contribution in [2.45, 2.75) is 57.4 Å². The minimum Gasteiger partial charge on any atom is -0.394 e. The van der Waals surface area contributed by atoms with E-state index in [0.717, 1.165) is 12.0 Å². The normalized spacial score (nSPS) is 23.2. The molecule has 1 saturated carbocycles. The van der Waals surface area contributed by atoms with Crippen molar-refractivity contribution in [1.82, 2.24) is 4.90 Å². The monoisotopic (exact) mass is 553 g/mol. The summed E-state index contributed by atoms with van der Waals surface area (Å²) in [5.41, 5.74) is 3.63. The Hall–Kier alpha value is -1.10. The van der Waals surface area contributed by atoms with Crippen molar-refractivity contribution in [1.29, 1.82) is 0 Å². The molecule has 1 aromatic rings. The Morgan fingerprint density at radius 1 is 0.795 bits per heavy atom. The SMILES string of the molecule is COCCOCCOCCOCCOCCOCCO.Cc1ccccc1C12CCCCC1C(C)N(C)CC2. The van der Waals surface area contributed by atoms with Crippen molar-refractivity contribution < 1.29 is 33.5 Å². The predicted octanol–water partition coefficient (Wildman–Crippen LogP) is 3.86. The van der Waals surface area contributed by atoms with E-state index in [-0.39, 0.29) is 6.61 Å². The zero-order valence-electron chi connectivity index (χ0n) is 25.0. The van der Waals surface area contributed by atoms with Crippen LogP contribution in [0.5, 0.6) is 0 Å². The smallest absolute Gasteiger partial charge is 0.0701 e. The minimum absolute atomic E-state index is 0.0422. The molecule has 3 unspecified atom stereocenters. The number of hydrogen-bond donors (Lipinski definition) is 1. The number of piperidine rings is 1. The molecule has 0 aromatic heterocycles. The second-order valence-corrected chi connectivity index (χ2v) is 10.6. The van der Waals surface area contributed by atoms with Crippen LogP contribution < -0.4 is 0 Å². The second-order valence-electron chi connectivity index (χ2n) is 10.6. The minimum atomic E-state index is 0.0422. The molecule has 2 aliphatic rings. The van der Waals surface area contributed by atoms with Gasteiger partial charge in [-0.3, -0.25) is 0 Å². The van der Waals surface area contributed by atoms with Crippen LogP contribution in [0, 0.1) is 12.8 Å². The largest absolute Gasteiger partial charge is 0.394 e. The third-order valence-electron chi connectivity index (χ3n) is 8.12. The van der Waals surface area contributed by atoms with Crippen LogP contribution in [-0.2, 0) is 33.8 Å². The van der Waals surface area contributed by atoms with Crippen molar-refractivity contribution in [3.63, 3.8) is 0 Å². The Morgan fingerprint density at radius 3 is 1.87 bits per heavy atom. The van der Waals surface area contributed by atoms with E-state index in [1.54, 1.807) is 12.7 Å². The number of aryl methyl sites for hydroxylation is 1. The third-order valence-corrected chi connectivity index (χ3v) is 8.12. The van der Waals surface area contributed by atoms with E-state index in [4.69, 9.17) is 33.5 Å². The van der Waals surface area contributed by atoms with Gasteiger partial charge < -0.3 is 38.4 Å². The van der Waals surface area contributed by atoms with Crippen molar-refractivity contribution >= 4 is 0 Å². The van der Waals surface area contributed by atoms with E-state index in [2.05, 4.69) is 50.1 Å². The summed E-state index contributed by atoms with van der Waals surface area (Å²) in [6.07, 6.45) is 7.02. The zero-order valence-corrected chi connectivity index (χ0v) is 25.0.